The van der Waals surface area contributed by atoms with E-state index in [4.69, 9.17) is 23.2 Å². The molecule has 1 aromatic carbocycles. The van der Waals surface area contributed by atoms with Gasteiger partial charge in [0.05, 0.1) is 23.0 Å². The third-order valence-corrected chi connectivity index (χ3v) is 3.84. The van der Waals surface area contributed by atoms with Gasteiger partial charge in [0.1, 0.15) is 5.82 Å². The highest BCUT2D eigenvalue weighted by molar-refractivity contribution is 6.32. The summed E-state index contributed by atoms with van der Waals surface area (Å²) >= 11 is 12.5. The van der Waals surface area contributed by atoms with Gasteiger partial charge in [-0.05, 0) is 30.7 Å². The predicted molar refractivity (Wildman–Crippen MR) is 84.5 cm³/mol. The van der Waals surface area contributed by atoms with Gasteiger partial charge in [0.25, 0.3) is 0 Å². The molecule has 0 spiro atoms. The lowest BCUT2D eigenvalue weighted by atomic mass is 10.0. The molecule has 0 radical (unpaired) electrons. The number of nitrogens with zero attached hydrogens (tertiary/aromatic N) is 2. The van der Waals surface area contributed by atoms with Crippen molar-refractivity contribution in [3.05, 3.63) is 51.5 Å². The minimum absolute atomic E-state index is 0.218. The zero-order valence-corrected chi connectivity index (χ0v) is 13.5. The number of aryl methyl sites for hydroxylation is 1. The van der Waals surface area contributed by atoms with Gasteiger partial charge >= 0.3 is 0 Å². The predicted octanol–water partition coefficient (Wildman–Crippen LogP) is 4.44. The quantitative estimate of drug-likeness (QED) is 0.849. The second-order valence-corrected chi connectivity index (χ2v) is 5.57. The molecule has 114 valence electrons. The summed E-state index contributed by atoms with van der Waals surface area (Å²) in [6.45, 7) is 5.57. The average Bonchev–Trinajstić information content (AvgIpc) is 2.79. The lowest BCUT2D eigenvalue weighted by molar-refractivity contribution is 0.520. The third kappa shape index (κ3) is 3.57. The monoisotopic (exact) mass is 329 g/mol. The van der Waals surface area contributed by atoms with Crippen molar-refractivity contribution in [3.63, 3.8) is 0 Å². The van der Waals surface area contributed by atoms with Crippen LogP contribution >= 0.6 is 23.2 Å². The maximum absolute atomic E-state index is 13.3. The van der Waals surface area contributed by atoms with Gasteiger partial charge in [0, 0.05) is 11.6 Å². The Morgan fingerprint density at radius 2 is 2.05 bits per heavy atom. The lowest BCUT2D eigenvalue weighted by Crippen LogP contribution is -2.25. The molecule has 0 amide bonds. The van der Waals surface area contributed by atoms with Crippen molar-refractivity contribution in [2.24, 2.45) is 0 Å². The van der Waals surface area contributed by atoms with Crippen LogP contribution in [0.2, 0.25) is 10.0 Å². The van der Waals surface area contributed by atoms with E-state index >= 15 is 0 Å². The van der Waals surface area contributed by atoms with E-state index in [0.717, 1.165) is 30.8 Å². The molecule has 0 saturated carbocycles. The Morgan fingerprint density at radius 3 is 2.67 bits per heavy atom. The highest BCUT2D eigenvalue weighted by atomic mass is 35.5. The van der Waals surface area contributed by atoms with Gasteiger partial charge in [0.15, 0.2) is 0 Å². The highest BCUT2D eigenvalue weighted by Gasteiger charge is 2.23. The molecule has 1 N–H and O–H groups in total. The number of nitrogens with one attached hydrogen (secondary N) is 1. The van der Waals surface area contributed by atoms with Crippen LogP contribution in [0.4, 0.5) is 4.39 Å². The van der Waals surface area contributed by atoms with Crippen molar-refractivity contribution < 1.29 is 4.39 Å². The van der Waals surface area contributed by atoms with Crippen LogP contribution in [0.1, 0.15) is 37.6 Å². The maximum atomic E-state index is 13.3. The first kappa shape index (κ1) is 16.3. The first-order valence-corrected chi connectivity index (χ1v) is 7.73. The van der Waals surface area contributed by atoms with Gasteiger partial charge in [0.2, 0.25) is 0 Å². The molecule has 0 bridgehead atoms. The van der Waals surface area contributed by atoms with Gasteiger partial charge in [-0.1, -0.05) is 43.1 Å². The maximum Gasteiger partial charge on any atom is 0.124 e. The van der Waals surface area contributed by atoms with Crippen LogP contribution in [-0.2, 0) is 6.54 Å². The van der Waals surface area contributed by atoms with E-state index in [-0.39, 0.29) is 11.9 Å². The third-order valence-electron chi connectivity index (χ3n) is 3.22. The summed E-state index contributed by atoms with van der Waals surface area (Å²) < 4.78 is 15.1. The molecule has 2 rings (SSSR count). The Hall–Kier alpha value is -1.10. The standard InChI is InChI=1S/C15H18Cl2FN3/c1-3-7-21-15(13(17)9-20-21)14(19-4-2)11-6-5-10(18)8-12(11)16/h5-6,8-9,14,19H,3-4,7H2,1-2H3. The van der Waals surface area contributed by atoms with Crippen molar-refractivity contribution in [1.82, 2.24) is 15.1 Å². The molecule has 0 saturated heterocycles. The normalized spacial score (nSPS) is 12.6. The summed E-state index contributed by atoms with van der Waals surface area (Å²) in [5.41, 5.74) is 1.65. The molecule has 6 heteroatoms. The van der Waals surface area contributed by atoms with Crippen molar-refractivity contribution >= 4 is 23.2 Å². The molecule has 1 unspecified atom stereocenters. The van der Waals surface area contributed by atoms with Crippen LogP contribution in [0, 0.1) is 5.82 Å². The van der Waals surface area contributed by atoms with Crippen LogP contribution in [0.3, 0.4) is 0 Å². The Morgan fingerprint density at radius 1 is 1.29 bits per heavy atom. The molecule has 3 nitrogen and oxygen atoms in total. The number of hydrogen-bond acceptors (Lipinski definition) is 2. The van der Waals surface area contributed by atoms with Gasteiger partial charge in [-0.2, -0.15) is 5.10 Å². The van der Waals surface area contributed by atoms with Gasteiger partial charge in [-0.15, -0.1) is 0 Å². The average molecular weight is 330 g/mol. The molecular weight excluding hydrogens is 312 g/mol. The van der Waals surface area contributed by atoms with E-state index < -0.39 is 0 Å². The molecule has 0 fully saturated rings. The fourth-order valence-electron chi connectivity index (χ4n) is 2.34. The fraction of sp³-hybridized carbons (Fsp3) is 0.400. The molecule has 0 aliphatic rings. The van der Waals surface area contributed by atoms with Crippen molar-refractivity contribution in [1.29, 1.82) is 0 Å². The molecule has 1 atom stereocenters. The number of hydrogen-bond donors (Lipinski definition) is 1. The van der Waals surface area contributed by atoms with Crippen molar-refractivity contribution in [2.75, 3.05) is 6.54 Å². The molecule has 21 heavy (non-hydrogen) atoms. The molecule has 2 aromatic rings. The first-order chi connectivity index (χ1) is 10.1. The van der Waals surface area contributed by atoms with E-state index in [0.29, 0.717) is 10.0 Å². The second-order valence-electron chi connectivity index (χ2n) is 4.76. The highest BCUT2D eigenvalue weighted by Crippen LogP contribution is 2.32. The number of rotatable bonds is 6. The molecule has 0 aliphatic heterocycles. The van der Waals surface area contributed by atoms with E-state index in [1.54, 1.807) is 12.3 Å². The minimum atomic E-state index is -0.354. The summed E-state index contributed by atoms with van der Waals surface area (Å²) in [6, 6.07) is 4.19. The smallest absolute Gasteiger partial charge is 0.124 e. The van der Waals surface area contributed by atoms with Crippen LogP contribution in [-0.4, -0.2) is 16.3 Å². The summed E-state index contributed by atoms with van der Waals surface area (Å²) in [5, 5.41) is 8.61. The molecular formula is C15H18Cl2FN3. The van der Waals surface area contributed by atoms with Crippen LogP contribution in [0.15, 0.2) is 24.4 Å². The number of halogens is 3. The Kier molecular flexibility index (Phi) is 5.62. The lowest BCUT2D eigenvalue weighted by Gasteiger charge is -2.21. The summed E-state index contributed by atoms with van der Waals surface area (Å²) in [6.07, 6.45) is 2.58. The first-order valence-electron chi connectivity index (χ1n) is 6.98. The van der Waals surface area contributed by atoms with Crippen LogP contribution in [0.5, 0.6) is 0 Å². The van der Waals surface area contributed by atoms with E-state index in [1.807, 2.05) is 11.6 Å². The molecule has 1 aromatic heterocycles. The zero-order chi connectivity index (χ0) is 15.4. The van der Waals surface area contributed by atoms with E-state index in [2.05, 4.69) is 17.3 Å². The molecule has 0 aliphatic carbocycles. The zero-order valence-electron chi connectivity index (χ0n) is 12.0. The summed E-state index contributed by atoms with van der Waals surface area (Å²) in [7, 11) is 0. The Bertz CT molecular complexity index is 613. The van der Waals surface area contributed by atoms with E-state index in [1.165, 1.54) is 12.1 Å². The Labute approximate surface area is 134 Å². The second kappa shape index (κ2) is 7.25. The van der Waals surface area contributed by atoms with Crippen molar-refractivity contribution in [3.8, 4) is 0 Å². The van der Waals surface area contributed by atoms with Gasteiger partial charge < -0.3 is 5.32 Å². The largest absolute Gasteiger partial charge is 0.305 e. The van der Waals surface area contributed by atoms with Gasteiger partial charge in [-0.3, -0.25) is 4.68 Å². The molecule has 1 heterocycles. The topological polar surface area (TPSA) is 29.9 Å². The number of benzene rings is 1. The summed E-state index contributed by atoms with van der Waals surface area (Å²) in [4.78, 5) is 0. The van der Waals surface area contributed by atoms with Crippen LogP contribution in [0.25, 0.3) is 0 Å². The SMILES string of the molecule is CCCn1ncc(Cl)c1C(NCC)c1ccc(F)cc1Cl. The van der Waals surface area contributed by atoms with Crippen LogP contribution < -0.4 is 5.32 Å². The number of aromatic nitrogens is 2. The Balaban J connectivity index is 2.50. The van der Waals surface area contributed by atoms with Crippen molar-refractivity contribution in [2.45, 2.75) is 32.9 Å². The minimum Gasteiger partial charge on any atom is -0.305 e. The summed E-state index contributed by atoms with van der Waals surface area (Å²) in [5.74, 6) is -0.354. The van der Waals surface area contributed by atoms with Gasteiger partial charge in [-0.25, -0.2) is 4.39 Å². The van der Waals surface area contributed by atoms with E-state index in [9.17, 15) is 4.39 Å². The fourth-order valence-corrected chi connectivity index (χ4v) is 2.87.